The van der Waals surface area contributed by atoms with Crippen LogP contribution in [0, 0.1) is 5.82 Å². The highest BCUT2D eigenvalue weighted by Crippen LogP contribution is 2.21. The minimum atomic E-state index is -0.312. The van der Waals surface area contributed by atoms with Gasteiger partial charge in [-0.05, 0) is 0 Å². The van der Waals surface area contributed by atoms with Crippen molar-refractivity contribution in [2.75, 3.05) is 12.4 Å². The summed E-state index contributed by atoms with van der Waals surface area (Å²) in [5.41, 5.74) is 1.85. The van der Waals surface area contributed by atoms with E-state index in [1.54, 1.807) is 13.2 Å². The SMILES string of the molecule is CNc1cnc(-c2ccccc2)c(F)c1. The van der Waals surface area contributed by atoms with Crippen molar-refractivity contribution in [3.05, 3.63) is 48.4 Å². The molecule has 15 heavy (non-hydrogen) atoms. The van der Waals surface area contributed by atoms with Crippen molar-refractivity contribution in [2.24, 2.45) is 0 Å². The zero-order chi connectivity index (χ0) is 10.7. The summed E-state index contributed by atoms with van der Waals surface area (Å²) in [6.45, 7) is 0. The van der Waals surface area contributed by atoms with Crippen LogP contribution in [-0.2, 0) is 0 Å². The van der Waals surface area contributed by atoms with Crippen LogP contribution in [0.5, 0.6) is 0 Å². The van der Waals surface area contributed by atoms with Crippen LogP contribution in [0.25, 0.3) is 11.3 Å². The van der Waals surface area contributed by atoms with Gasteiger partial charge in [0.1, 0.15) is 5.69 Å². The maximum Gasteiger partial charge on any atom is 0.151 e. The molecular formula is C12H11FN2. The molecule has 0 unspecified atom stereocenters. The van der Waals surface area contributed by atoms with E-state index in [1.165, 1.54) is 6.07 Å². The normalized spacial score (nSPS) is 10.0. The topological polar surface area (TPSA) is 24.9 Å². The van der Waals surface area contributed by atoms with Gasteiger partial charge in [-0.1, -0.05) is 30.3 Å². The number of hydrogen-bond acceptors (Lipinski definition) is 2. The van der Waals surface area contributed by atoms with E-state index >= 15 is 0 Å². The van der Waals surface area contributed by atoms with Gasteiger partial charge in [0.2, 0.25) is 0 Å². The fourth-order valence-corrected chi connectivity index (χ4v) is 1.38. The molecule has 1 aromatic heterocycles. The summed E-state index contributed by atoms with van der Waals surface area (Å²) in [6, 6.07) is 10.7. The fraction of sp³-hybridized carbons (Fsp3) is 0.0833. The third-order valence-electron chi connectivity index (χ3n) is 2.18. The number of pyridine rings is 1. The zero-order valence-corrected chi connectivity index (χ0v) is 8.37. The van der Waals surface area contributed by atoms with Gasteiger partial charge in [-0.3, -0.25) is 4.98 Å². The molecule has 2 nitrogen and oxygen atoms in total. The summed E-state index contributed by atoms with van der Waals surface area (Å²) in [7, 11) is 1.73. The highest BCUT2D eigenvalue weighted by Gasteiger charge is 2.06. The summed E-state index contributed by atoms with van der Waals surface area (Å²) >= 11 is 0. The van der Waals surface area contributed by atoms with Crippen LogP contribution in [-0.4, -0.2) is 12.0 Å². The summed E-state index contributed by atoms with van der Waals surface area (Å²) in [6.07, 6.45) is 1.62. The monoisotopic (exact) mass is 202 g/mol. The molecule has 0 saturated heterocycles. The van der Waals surface area contributed by atoms with Crippen molar-refractivity contribution in [2.45, 2.75) is 0 Å². The molecular weight excluding hydrogens is 191 g/mol. The van der Waals surface area contributed by atoms with E-state index in [2.05, 4.69) is 10.3 Å². The fourth-order valence-electron chi connectivity index (χ4n) is 1.38. The number of nitrogens with one attached hydrogen (secondary N) is 1. The Morgan fingerprint density at radius 3 is 2.53 bits per heavy atom. The second-order valence-electron chi connectivity index (χ2n) is 3.17. The van der Waals surface area contributed by atoms with Gasteiger partial charge in [0.25, 0.3) is 0 Å². The molecule has 0 saturated carbocycles. The van der Waals surface area contributed by atoms with E-state index in [-0.39, 0.29) is 5.82 Å². The van der Waals surface area contributed by atoms with Crippen molar-refractivity contribution >= 4 is 5.69 Å². The Morgan fingerprint density at radius 2 is 1.93 bits per heavy atom. The Balaban J connectivity index is 2.46. The molecule has 76 valence electrons. The molecule has 1 aromatic carbocycles. The van der Waals surface area contributed by atoms with Gasteiger partial charge in [0, 0.05) is 18.7 Å². The van der Waals surface area contributed by atoms with Crippen LogP contribution in [0.15, 0.2) is 42.6 Å². The largest absolute Gasteiger partial charge is 0.387 e. The molecule has 0 aliphatic heterocycles. The smallest absolute Gasteiger partial charge is 0.151 e. The molecule has 0 spiro atoms. The number of aromatic nitrogens is 1. The van der Waals surface area contributed by atoms with Crippen molar-refractivity contribution in [3.8, 4) is 11.3 Å². The molecule has 0 aliphatic rings. The first-order valence-electron chi connectivity index (χ1n) is 4.70. The first kappa shape index (κ1) is 9.65. The molecule has 0 aliphatic carbocycles. The quantitative estimate of drug-likeness (QED) is 0.809. The molecule has 3 heteroatoms. The van der Waals surface area contributed by atoms with E-state index in [0.29, 0.717) is 11.4 Å². The predicted octanol–water partition coefficient (Wildman–Crippen LogP) is 2.93. The Morgan fingerprint density at radius 1 is 1.20 bits per heavy atom. The van der Waals surface area contributed by atoms with Crippen molar-refractivity contribution in [1.82, 2.24) is 4.98 Å². The van der Waals surface area contributed by atoms with E-state index < -0.39 is 0 Å². The minimum absolute atomic E-state index is 0.312. The van der Waals surface area contributed by atoms with Gasteiger partial charge in [-0.25, -0.2) is 4.39 Å². The lowest BCUT2D eigenvalue weighted by molar-refractivity contribution is 0.626. The molecule has 0 bridgehead atoms. The van der Waals surface area contributed by atoms with Crippen LogP contribution in [0.3, 0.4) is 0 Å². The average Bonchev–Trinajstić information content (AvgIpc) is 2.30. The predicted molar refractivity (Wildman–Crippen MR) is 59.2 cm³/mol. The van der Waals surface area contributed by atoms with Crippen molar-refractivity contribution in [3.63, 3.8) is 0 Å². The highest BCUT2D eigenvalue weighted by molar-refractivity contribution is 5.61. The van der Waals surface area contributed by atoms with Crippen LogP contribution in [0.2, 0.25) is 0 Å². The first-order chi connectivity index (χ1) is 7.31. The molecule has 2 rings (SSSR count). The lowest BCUT2D eigenvalue weighted by Gasteiger charge is -2.04. The number of rotatable bonds is 2. The van der Waals surface area contributed by atoms with Crippen LogP contribution < -0.4 is 5.32 Å². The van der Waals surface area contributed by atoms with Crippen LogP contribution >= 0.6 is 0 Å². The van der Waals surface area contributed by atoms with Gasteiger partial charge in [-0.15, -0.1) is 0 Å². The average molecular weight is 202 g/mol. The molecule has 1 heterocycles. The first-order valence-corrected chi connectivity index (χ1v) is 4.70. The standard InChI is InChI=1S/C12H11FN2/c1-14-10-7-11(13)12(15-8-10)9-5-3-2-4-6-9/h2-8,14H,1H3. The molecule has 0 radical (unpaired) electrons. The number of hydrogen-bond donors (Lipinski definition) is 1. The molecule has 0 fully saturated rings. The molecule has 2 aromatic rings. The lowest BCUT2D eigenvalue weighted by atomic mass is 10.1. The number of nitrogens with zero attached hydrogens (tertiary/aromatic N) is 1. The van der Waals surface area contributed by atoms with Crippen LogP contribution in [0.4, 0.5) is 10.1 Å². The van der Waals surface area contributed by atoms with E-state index in [1.807, 2.05) is 30.3 Å². The third-order valence-corrected chi connectivity index (χ3v) is 2.18. The summed E-state index contributed by atoms with van der Waals surface area (Å²) < 4.78 is 13.6. The number of anilines is 1. The van der Waals surface area contributed by atoms with Gasteiger partial charge in [0.05, 0.1) is 11.9 Å². The maximum absolute atomic E-state index is 13.6. The number of benzene rings is 1. The van der Waals surface area contributed by atoms with Gasteiger partial charge in [0.15, 0.2) is 5.82 Å². The van der Waals surface area contributed by atoms with Gasteiger partial charge in [-0.2, -0.15) is 0 Å². The van der Waals surface area contributed by atoms with E-state index in [4.69, 9.17) is 0 Å². The molecule has 0 atom stereocenters. The maximum atomic E-state index is 13.6. The van der Waals surface area contributed by atoms with Crippen molar-refractivity contribution in [1.29, 1.82) is 0 Å². The second-order valence-corrected chi connectivity index (χ2v) is 3.17. The van der Waals surface area contributed by atoms with E-state index in [9.17, 15) is 4.39 Å². The van der Waals surface area contributed by atoms with Gasteiger partial charge < -0.3 is 5.32 Å². The lowest BCUT2D eigenvalue weighted by Crippen LogP contribution is -1.94. The zero-order valence-electron chi connectivity index (χ0n) is 8.37. The van der Waals surface area contributed by atoms with Crippen LogP contribution in [0.1, 0.15) is 0 Å². The summed E-state index contributed by atoms with van der Waals surface area (Å²) in [5.74, 6) is -0.312. The third kappa shape index (κ3) is 1.96. The minimum Gasteiger partial charge on any atom is -0.387 e. The van der Waals surface area contributed by atoms with E-state index in [0.717, 1.165) is 5.56 Å². The second kappa shape index (κ2) is 4.09. The molecule has 1 N–H and O–H groups in total. The Bertz CT molecular complexity index is 454. The highest BCUT2D eigenvalue weighted by atomic mass is 19.1. The van der Waals surface area contributed by atoms with Crippen molar-refractivity contribution < 1.29 is 4.39 Å². The summed E-state index contributed by atoms with van der Waals surface area (Å²) in [5, 5.41) is 2.84. The number of halogens is 1. The molecule has 0 amide bonds. The summed E-state index contributed by atoms with van der Waals surface area (Å²) in [4.78, 5) is 4.08. The Hall–Kier alpha value is -1.90. The Kier molecular flexibility index (Phi) is 2.63. The Labute approximate surface area is 87.8 Å². The van der Waals surface area contributed by atoms with Gasteiger partial charge >= 0.3 is 0 Å².